The zero-order valence-electron chi connectivity index (χ0n) is 12.7. The molecule has 0 radical (unpaired) electrons. The Morgan fingerprint density at radius 1 is 1.18 bits per heavy atom. The predicted molar refractivity (Wildman–Crippen MR) is 87.9 cm³/mol. The third-order valence-electron chi connectivity index (χ3n) is 3.40. The molecule has 1 aromatic heterocycles. The quantitative estimate of drug-likeness (QED) is 0.844. The smallest absolute Gasteiger partial charge is 0.265 e. The first-order chi connectivity index (χ1) is 10.8. The maximum absolute atomic E-state index is 5.80. The summed E-state index contributed by atoms with van der Waals surface area (Å²) in [5, 5.41) is 0. The minimum atomic E-state index is 0.181. The monoisotopic (exact) mass is 294 g/mol. The van der Waals surface area contributed by atoms with E-state index in [2.05, 4.69) is 23.8 Å². The molecule has 1 unspecified atom stereocenters. The van der Waals surface area contributed by atoms with Crippen LogP contribution in [0.15, 0.2) is 68.8 Å². The van der Waals surface area contributed by atoms with Crippen LogP contribution in [0.4, 0.5) is 0 Å². The highest BCUT2D eigenvalue weighted by Gasteiger charge is 2.24. The van der Waals surface area contributed by atoms with Crippen LogP contribution in [0.3, 0.4) is 0 Å². The van der Waals surface area contributed by atoms with Gasteiger partial charge in [0.1, 0.15) is 5.70 Å². The maximum Gasteiger partial charge on any atom is 0.265 e. The molecule has 2 aromatic rings. The number of nitrogens with zero attached hydrogens (tertiary/aromatic N) is 2. The summed E-state index contributed by atoms with van der Waals surface area (Å²) >= 11 is 0. The van der Waals surface area contributed by atoms with E-state index in [1.165, 1.54) is 0 Å². The van der Waals surface area contributed by atoms with E-state index < -0.39 is 0 Å². The molecule has 0 saturated carbocycles. The van der Waals surface area contributed by atoms with E-state index >= 15 is 0 Å². The molecule has 1 aliphatic heterocycles. The van der Waals surface area contributed by atoms with E-state index in [0.717, 1.165) is 17.7 Å². The summed E-state index contributed by atoms with van der Waals surface area (Å²) < 4.78 is 11.2. The van der Waals surface area contributed by atoms with Gasteiger partial charge in [-0.2, -0.15) is 0 Å². The summed E-state index contributed by atoms with van der Waals surface area (Å²) in [6.07, 6.45) is 4.52. The molecule has 0 N–H and O–H groups in total. The SMILES string of the molecule is CCC(C)N=C1OC(c2ccco2)=N/C1=C/c1ccccc1. The molecule has 2 heterocycles. The highest BCUT2D eigenvalue weighted by atomic mass is 16.5. The molecule has 22 heavy (non-hydrogen) atoms. The topological polar surface area (TPSA) is 47.1 Å². The third kappa shape index (κ3) is 3.17. The summed E-state index contributed by atoms with van der Waals surface area (Å²) in [5.41, 5.74) is 1.78. The van der Waals surface area contributed by atoms with E-state index in [9.17, 15) is 0 Å². The fourth-order valence-corrected chi connectivity index (χ4v) is 2.01. The van der Waals surface area contributed by atoms with E-state index in [4.69, 9.17) is 9.15 Å². The summed E-state index contributed by atoms with van der Waals surface area (Å²) in [6, 6.07) is 13.8. The van der Waals surface area contributed by atoms with Gasteiger partial charge in [0.15, 0.2) is 5.76 Å². The molecule has 0 fully saturated rings. The van der Waals surface area contributed by atoms with Crippen molar-refractivity contribution in [2.24, 2.45) is 9.98 Å². The van der Waals surface area contributed by atoms with Crippen LogP contribution in [0.5, 0.6) is 0 Å². The molecule has 0 saturated heterocycles. The van der Waals surface area contributed by atoms with Gasteiger partial charge >= 0.3 is 0 Å². The van der Waals surface area contributed by atoms with Gasteiger partial charge in [0.05, 0.1) is 12.3 Å². The first-order valence-electron chi connectivity index (χ1n) is 7.41. The molecule has 0 amide bonds. The lowest BCUT2D eigenvalue weighted by molar-refractivity contribution is 0.498. The van der Waals surface area contributed by atoms with Crippen LogP contribution in [-0.2, 0) is 4.74 Å². The number of rotatable bonds is 4. The predicted octanol–water partition coefficient (Wildman–Crippen LogP) is 4.29. The second-order valence-electron chi connectivity index (χ2n) is 5.13. The van der Waals surface area contributed by atoms with Crippen LogP contribution in [0, 0.1) is 0 Å². The zero-order valence-corrected chi connectivity index (χ0v) is 12.7. The molecular formula is C18H18N2O2. The lowest BCUT2D eigenvalue weighted by Gasteiger charge is -2.04. The van der Waals surface area contributed by atoms with Gasteiger partial charge in [-0.05, 0) is 37.1 Å². The Hall–Kier alpha value is -2.62. The molecule has 1 atom stereocenters. The average molecular weight is 294 g/mol. The summed E-state index contributed by atoms with van der Waals surface area (Å²) in [7, 11) is 0. The summed E-state index contributed by atoms with van der Waals surface area (Å²) in [4.78, 5) is 9.13. The summed E-state index contributed by atoms with van der Waals surface area (Å²) in [6.45, 7) is 4.15. The largest absolute Gasteiger partial charge is 0.459 e. The van der Waals surface area contributed by atoms with Crippen LogP contribution >= 0.6 is 0 Å². The zero-order chi connectivity index (χ0) is 15.4. The van der Waals surface area contributed by atoms with Crippen molar-refractivity contribution in [3.05, 3.63) is 65.7 Å². The van der Waals surface area contributed by atoms with Crippen molar-refractivity contribution in [2.75, 3.05) is 0 Å². The Kier molecular flexibility index (Phi) is 4.19. The van der Waals surface area contributed by atoms with Gasteiger partial charge in [-0.3, -0.25) is 0 Å². The molecule has 1 aliphatic rings. The maximum atomic E-state index is 5.80. The fraction of sp³-hybridized carbons (Fsp3) is 0.222. The van der Waals surface area contributed by atoms with Crippen molar-refractivity contribution in [1.29, 1.82) is 0 Å². The number of benzene rings is 1. The molecule has 4 nitrogen and oxygen atoms in total. The first-order valence-corrected chi connectivity index (χ1v) is 7.41. The van der Waals surface area contributed by atoms with Crippen molar-refractivity contribution < 1.29 is 9.15 Å². The molecule has 0 bridgehead atoms. The fourth-order valence-electron chi connectivity index (χ4n) is 2.01. The van der Waals surface area contributed by atoms with E-state index in [-0.39, 0.29) is 6.04 Å². The van der Waals surface area contributed by atoms with Gasteiger partial charge in [0, 0.05) is 0 Å². The van der Waals surface area contributed by atoms with Gasteiger partial charge in [-0.25, -0.2) is 9.98 Å². The molecule has 112 valence electrons. The van der Waals surface area contributed by atoms with Crippen LogP contribution in [0.1, 0.15) is 31.6 Å². The Bertz CT molecular complexity index is 713. The summed E-state index contributed by atoms with van der Waals surface area (Å²) in [5.74, 6) is 1.60. The Morgan fingerprint density at radius 3 is 2.68 bits per heavy atom. The minimum absolute atomic E-state index is 0.181. The van der Waals surface area contributed by atoms with Gasteiger partial charge in [0.25, 0.3) is 5.90 Å². The van der Waals surface area contributed by atoms with Crippen molar-refractivity contribution >= 4 is 17.9 Å². The normalized spacial score (nSPS) is 19.3. The molecular weight excluding hydrogens is 276 g/mol. The molecule has 1 aromatic carbocycles. The Labute approximate surface area is 129 Å². The highest BCUT2D eigenvalue weighted by molar-refractivity contribution is 6.14. The van der Waals surface area contributed by atoms with Gasteiger partial charge in [0.2, 0.25) is 5.90 Å². The van der Waals surface area contributed by atoms with Crippen molar-refractivity contribution in [2.45, 2.75) is 26.3 Å². The van der Waals surface area contributed by atoms with Crippen LogP contribution in [-0.4, -0.2) is 17.8 Å². The van der Waals surface area contributed by atoms with Gasteiger partial charge in [-0.1, -0.05) is 37.3 Å². The molecule has 3 rings (SSSR count). The number of furan rings is 1. The lowest BCUT2D eigenvalue weighted by Crippen LogP contribution is -2.09. The van der Waals surface area contributed by atoms with Gasteiger partial charge in [-0.15, -0.1) is 0 Å². The second kappa shape index (κ2) is 6.43. The lowest BCUT2D eigenvalue weighted by atomic mass is 10.2. The average Bonchev–Trinajstić information content (AvgIpc) is 3.18. The van der Waals surface area contributed by atoms with E-state index in [1.54, 1.807) is 6.26 Å². The van der Waals surface area contributed by atoms with E-state index in [0.29, 0.717) is 17.6 Å². The second-order valence-corrected chi connectivity index (χ2v) is 5.13. The van der Waals surface area contributed by atoms with Crippen molar-refractivity contribution in [1.82, 2.24) is 0 Å². The molecule has 0 aliphatic carbocycles. The molecule has 4 heteroatoms. The number of aliphatic imine (C=N–C) groups is 2. The highest BCUT2D eigenvalue weighted by Crippen LogP contribution is 2.21. The Morgan fingerprint density at radius 2 is 2.00 bits per heavy atom. The van der Waals surface area contributed by atoms with Gasteiger partial charge < -0.3 is 9.15 Å². The van der Waals surface area contributed by atoms with Crippen LogP contribution < -0.4 is 0 Å². The Balaban J connectivity index is 1.98. The van der Waals surface area contributed by atoms with E-state index in [1.807, 2.05) is 48.5 Å². The standard InChI is InChI=1S/C18H18N2O2/c1-3-13(2)19-17-15(12-14-8-5-4-6-9-14)20-18(22-17)16-10-7-11-21-16/h4-13H,3H2,1-2H3/b15-12+,19-17?. The molecule has 0 spiro atoms. The number of hydrogen-bond donors (Lipinski definition) is 0. The first kappa shape index (κ1) is 14.3. The third-order valence-corrected chi connectivity index (χ3v) is 3.40. The minimum Gasteiger partial charge on any atom is -0.459 e. The number of hydrogen-bond acceptors (Lipinski definition) is 4. The van der Waals surface area contributed by atoms with Crippen LogP contribution in [0.2, 0.25) is 0 Å². The van der Waals surface area contributed by atoms with Crippen molar-refractivity contribution in [3.63, 3.8) is 0 Å². The van der Waals surface area contributed by atoms with Crippen molar-refractivity contribution in [3.8, 4) is 0 Å². The van der Waals surface area contributed by atoms with Crippen LogP contribution in [0.25, 0.3) is 6.08 Å². The number of ether oxygens (including phenoxy) is 1.